The van der Waals surface area contributed by atoms with E-state index >= 15 is 0 Å². The second-order valence-electron chi connectivity index (χ2n) is 5.16. The fourth-order valence-electron chi connectivity index (χ4n) is 2.52. The molecule has 96 valence electrons. The summed E-state index contributed by atoms with van der Waals surface area (Å²) < 4.78 is 5.84. The van der Waals surface area contributed by atoms with Crippen LogP contribution in [-0.4, -0.2) is 4.83 Å². The summed E-state index contributed by atoms with van der Waals surface area (Å²) in [5, 5.41) is 0. The first-order chi connectivity index (χ1) is 8.34. The fraction of sp³-hybridized carbons (Fsp3) is 0.733. The van der Waals surface area contributed by atoms with Gasteiger partial charge in [0.1, 0.15) is 11.5 Å². The molecule has 1 aliphatic heterocycles. The molecule has 0 amide bonds. The Morgan fingerprint density at radius 3 is 1.88 bits per heavy atom. The number of halogens is 1. The lowest BCUT2D eigenvalue weighted by Gasteiger charge is -2.09. The average molecular weight is 299 g/mol. The molecule has 1 aliphatic rings. The molecule has 0 saturated heterocycles. The van der Waals surface area contributed by atoms with Gasteiger partial charge in [-0.05, 0) is 37.8 Å². The summed E-state index contributed by atoms with van der Waals surface area (Å²) in [5.41, 5.74) is 0. The van der Waals surface area contributed by atoms with Gasteiger partial charge in [-0.3, -0.25) is 0 Å². The van der Waals surface area contributed by atoms with Crippen molar-refractivity contribution in [3.63, 3.8) is 0 Å². The zero-order valence-electron chi connectivity index (χ0n) is 10.6. The topological polar surface area (TPSA) is 13.1 Å². The number of fused-ring (bicyclic) bond motifs is 2. The number of hydrogen-bond acceptors (Lipinski definition) is 1. The molecular weight excluding hydrogens is 276 g/mol. The number of aryl methyl sites for hydroxylation is 2. The van der Waals surface area contributed by atoms with Crippen LogP contribution in [-0.2, 0) is 12.8 Å². The number of furan rings is 1. The van der Waals surface area contributed by atoms with Crippen molar-refractivity contribution in [2.24, 2.45) is 0 Å². The summed E-state index contributed by atoms with van der Waals surface area (Å²) >= 11 is 3.80. The van der Waals surface area contributed by atoms with E-state index in [2.05, 4.69) is 28.1 Å². The molecule has 2 heterocycles. The van der Waals surface area contributed by atoms with Gasteiger partial charge in [0, 0.05) is 17.7 Å². The Hall–Kier alpha value is -0.240. The normalized spacial score (nSPS) is 21.0. The van der Waals surface area contributed by atoms with Gasteiger partial charge in [0.25, 0.3) is 0 Å². The van der Waals surface area contributed by atoms with Crippen LogP contribution in [0.4, 0.5) is 0 Å². The Morgan fingerprint density at radius 2 is 1.35 bits per heavy atom. The van der Waals surface area contributed by atoms with Crippen LogP contribution >= 0.6 is 15.9 Å². The van der Waals surface area contributed by atoms with Gasteiger partial charge in [-0.25, -0.2) is 0 Å². The number of alkyl halides is 1. The minimum absolute atomic E-state index is 0.747. The van der Waals surface area contributed by atoms with Gasteiger partial charge in [-0.15, -0.1) is 0 Å². The van der Waals surface area contributed by atoms with Crippen molar-refractivity contribution in [1.29, 1.82) is 0 Å². The fourth-order valence-corrected chi connectivity index (χ4v) is 3.17. The summed E-state index contributed by atoms with van der Waals surface area (Å²) in [5.74, 6) is 2.37. The quantitative estimate of drug-likeness (QED) is 0.595. The standard InChI is InChI=1S/C15H23BrO/c16-13-7-3-1-5-9-14-11-12-15(17-14)10-6-2-4-8-13/h11-13H,1-10H2. The van der Waals surface area contributed by atoms with Crippen LogP contribution in [0.5, 0.6) is 0 Å². The second-order valence-corrected chi connectivity index (χ2v) is 6.46. The van der Waals surface area contributed by atoms with Crippen molar-refractivity contribution in [2.45, 2.75) is 69.0 Å². The number of rotatable bonds is 0. The van der Waals surface area contributed by atoms with Crippen LogP contribution < -0.4 is 0 Å². The van der Waals surface area contributed by atoms with Crippen LogP contribution in [0, 0.1) is 0 Å². The predicted octanol–water partition coefficient (Wildman–Crippen LogP) is 5.26. The second kappa shape index (κ2) is 7.25. The van der Waals surface area contributed by atoms with E-state index in [1.54, 1.807) is 0 Å². The molecule has 17 heavy (non-hydrogen) atoms. The van der Waals surface area contributed by atoms with Crippen molar-refractivity contribution >= 4 is 15.9 Å². The lowest BCUT2D eigenvalue weighted by molar-refractivity contribution is 0.441. The van der Waals surface area contributed by atoms with Crippen LogP contribution in [0.2, 0.25) is 0 Å². The summed E-state index contributed by atoms with van der Waals surface area (Å²) in [6.45, 7) is 0. The molecule has 0 N–H and O–H groups in total. The summed E-state index contributed by atoms with van der Waals surface area (Å²) in [4.78, 5) is 0.747. The van der Waals surface area contributed by atoms with Gasteiger partial charge in [0.05, 0.1) is 0 Å². The first-order valence-corrected chi connectivity index (χ1v) is 7.98. The van der Waals surface area contributed by atoms with E-state index in [0.717, 1.165) is 17.7 Å². The highest BCUT2D eigenvalue weighted by Crippen LogP contribution is 2.21. The highest BCUT2D eigenvalue weighted by molar-refractivity contribution is 9.09. The van der Waals surface area contributed by atoms with Gasteiger partial charge in [-0.2, -0.15) is 0 Å². The van der Waals surface area contributed by atoms with Crippen LogP contribution in [0.1, 0.15) is 62.9 Å². The maximum absolute atomic E-state index is 5.84. The van der Waals surface area contributed by atoms with Gasteiger partial charge in [-0.1, -0.05) is 41.6 Å². The minimum atomic E-state index is 0.747. The van der Waals surface area contributed by atoms with Crippen LogP contribution in [0.3, 0.4) is 0 Å². The van der Waals surface area contributed by atoms with Gasteiger partial charge < -0.3 is 4.42 Å². The van der Waals surface area contributed by atoms with Gasteiger partial charge in [0.2, 0.25) is 0 Å². The van der Waals surface area contributed by atoms with Crippen molar-refractivity contribution in [3.8, 4) is 0 Å². The molecule has 2 heteroatoms. The smallest absolute Gasteiger partial charge is 0.104 e. The average Bonchev–Trinajstić information content (AvgIpc) is 2.75. The van der Waals surface area contributed by atoms with Gasteiger partial charge >= 0.3 is 0 Å². The molecule has 1 aromatic heterocycles. The highest BCUT2D eigenvalue weighted by Gasteiger charge is 2.07. The van der Waals surface area contributed by atoms with Crippen molar-refractivity contribution in [1.82, 2.24) is 0 Å². The molecule has 0 atom stereocenters. The zero-order chi connectivity index (χ0) is 11.9. The molecule has 2 rings (SSSR count). The van der Waals surface area contributed by atoms with Crippen molar-refractivity contribution in [2.75, 3.05) is 0 Å². The third-order valence-electron chi connectivity index (χ3n) is 3.60. The molecule has 1 aromatic rings. The minimum Gasteiger partial charge on any atom is -0.466 e. The Morgan fingerprint density at radius 1 is 0.824 bits per heavy atom. The molecule has 0 spiro atoms. The van der Waals surface area contributed by atoms with E-state index in [1.165, 1.54) is 62.9 Å². The van der Waals surface area contributed by atoms with E-state index in [4.69, 9.17) is 4.42 Å². The molecule has 0 unspecified atom stereocenters. The molecule has 2 bridgehead atoms. The third kappa shape index (κ3) is 4.87. The number of hydrogen-bond donors (Lipinski definition) is 0. The SMILES string of the molecule is BrC1CCCCCc2ccc(o2)CCCCC1. The molecule has 0 radical (unpaired) electrons. The van der Waals surface area contributed by atoms with Crippen molar-refractivity contribution < 1.29 is 4.42 Å². The Kier molecular flexibility index (Phi) is 5.63. The first-order valence-electron chi connectivity index (χ1n) is 7.06. The maximum atomic E-state index is 5.84. The largest absolute Gasteiger partial charge is 0.466 e. The monoisotopic (exact) mass is 298 g/mol. The molecule has 0 aliphatic carbocycles. The Balaban J connectivity index is 1.86. The Labute approximate surface area is 113 Å². The molecule has 0 fully saturated rings. The zero-order valence-corrected chi connectivity index (χ0v) is 12.2. The third-order valence-corrected chi connectivity index (χ3v) is 4.51. The van der Waals surface area contributed by atoms with Gasteiger partial charge in [0.15, 0.2) is 0 Å². The van der Waals surface area contributed by atoms with E-state index in [9.17, 15) is 0 Å². The Bertz CT molecular complexity index is 290. The van der Waals surface area contributed by atoms with Crippen molar-refractivity contribution in [3.05, 3.63) is 23.7 Å². The summed E-state index contributed by atoms with van der Waals surface area (Å²) in [6, 6.07) is 4.34. The lowest BCUT2D eigenvalue weighted by Crippen LogP contribution is -1.98. The summed E-state index contributed by atoms with van der Waals surface area (Å²) in [6.07, 6.45) is 12.8. The van der Waals surface area contributed by atoms with E-state index in [0.29, 0.717) is 0 Å². The van der Waals surface area contributed by atoms with Crippen LogP contribution in [0.25, 0.3) is 0 Å². The van der Waals surface area contributed by atoms with Crippen LogP contribution in [0.15, 0.2) is 16.5 Å². The predicted molar refractivity (Wildman–Crippen MR) is 75.8 cm³/mol. The van der Waals surface area contributed by atoms with E-state index < -0.39 is 0 Å². The molecule has 0 saturated carbocycles. The molecule has 0 aromatic carbocycles. The van der Waals surface area contributed by atoms with E-state index in [1.807, 2.05) is 0 Å². The lowest BCUT2D eigenvalue weighted by atomic mass is 10.1. The highest BCUT2D eigenvalue weighted by atomic mass is 79.9. The molecular formula is C15H23BrO. The summed E-state index contributed by atoms with van der Waals surface area (Å²) in [7, 11) is 0. The van der Waals surface area contributed by atoms with E-state index in [-0.39, 0.29) is 0 Å². The maximum Gasteiger partial charge on any atom is 0.104 e. The first kappa shape index (κ1) is 13.2. The molecule has 1 nitrogen and oxygen atoms in total.